The minimum Gasteiger partial charge on any atom is -0.479 e. The second-order valence-electron chi connectivity index (χ2n) is 3.87. The first-order valence-electron chi connectivity index (χ1n) is 4.96. The third-order valence-corrected chi connectivity index (χ3v) is 3.31. The van der Waals surface area contributed by atoms with E-state index < -0.39 is 0 Å². The van der Waals surface area contributed by atoms with Crippen molar-refractivity contribution in [1.82, 2.24) is 15.1 Å². The van der Waals surface area contributed by atoms with E-state index in [0.717, 1.165) is 29.7 Å². The Hall–Kier alpha value is -0.680. The van der Waals surface area contributed by atoms with Crippen LogP contribution in [0.4, 0.5) is 0 Å². The Labute approximate surface area is 97.8 Å². The van der Waals surface area contributed by atoms with Crippen molar-refractivity contribution < 1.29 is 4.74 Å². The largest absolute Gasteiger partial charge is 0.479 e. The third-order valence-electron chi connectivity index (χ3n) is 2.74. The molecule has 1 atom stereocenters. The van der Waals surface area contributed by atoms with Gasteiger partial charge < -0.3 is 9.64 Å². The van der Waals surface area contributed by atoms with Crippen molar-refractivity contribution in [3.8, 4) is 5.88 Å². The molecule has 0 N–H and O–H groups in total. The summed E-state index contributed by atoms with van der Waals surface area (Å²) in [7, 11) is 3.73. The molecule has 4 nitrogen and oxygen atoms in total. The second kappa shape index (κ2) is 4.45. The molecule has 1 aromatic heterocycles. The highest BCUT2D eigenvalue weighted by Crippen LogP contribution is 2.29. The third kappa shape index (κ3) is 2.29. The Morgan fingerprint density at radius 2 is 2.33 bits per heavy atom. The summed E-state index contributed by atoms with van der Waals surface area (Å²) in [6, 6.07) is 2.01. The van der Waals surface area contributed by atoms with Gasteiger partial charge in [-0.3, -0.25) is 0 Å². The number of hydrogen-bond donors (Lipinski definition) is 0. The van der Waals surface area contributed by atoms with Crippen LogP contribution < -0.4 is 4.74 Å². The molecule has 2 rings (SSSR count). The van der Waals surface area contributed by atoms with E-state index in [1.54, 1.807) is 7.11 Å². The Kier molecular flexibility index (Phi) is 3.21. The molecule has 0 aromatic carbocycles. The van der Waals surface area contributed by atoms with Crippen molar-refractivity contribution in [2.45, 2.75) is 12.3 Å². The fourth-order valence-corrected chi connectivity index (χ4v) is 2.36. The highest BCUT2D eigenvalue weighted by Gasteiger charge is 2.23. The molecule has 1 unspecified atom stereocenters. The fourth-order valence-electron chi connectivity index (χ4n) is 1.89. The van der Waals surface area contributed by atoms with Gasteiger partial charge in [-0.25, -0.2) is 0 Å². The number of halogens is 1. The summed E-state index contributed by atoms with van der Waals surface area (Å²) in [4.78, 5) is 2.31. The molecule has 0 amide bonds. The average Bonchev–Trinajstić information content (AvgIpc) is 2.65. The predicted octanol–water partition coefficient (Wildman–Crippen LogP) is 1.67. The molecule has 5 heteroatoms. The molecule has 1 fully saturated rings. The SMILES string of the molecule is COc1nnc(C2CCN(C)C2)cc1Br. The Morgan fingerprint density at radius 3 is 2.87 bits per heavy atom. The van der Waals surface area contributed by atoms with Gasteiger partial charge in [0.05, 0.1) is 17.3 Å². The van der Waals surface area contributed by atoms with Gasteiger partial charge >= 0.3 is 0 Å². The smallest absolute Gasteiger partial charge is 0.247 e. The maximum atomic E-state index is 5.05. The van der Waals surface area contributed by atoms with Crippen molar-refractivity contribution >= 4 is 15.9 Å². The number of methoxy groups -OCH3 is 1. The minimum absolute atomic E-state index is 0.504. The molecule has 1 aromatic rings. The quantitative estimate of drug-likeness (QED) is 0.820. The van der Waals surface area contributed by atoms with Crippen molar-refractivity contribution in [2.75, 3.05) is 27.2 Å². The summed E-state index contributed by atoms with van der Waals surface area (Å²) in [5.41, 5.74) is 1.05. The first kappa shape index (κ1) is 10.8. The van der Waals surface area contributed by atoms with Crippen molar-refractivity contribution in [2.24, 2.45) is 0 Å². The summed E-state index contributed by atoms with van der Waals surface area (Å²) in [6.45, 7) is 2.20. The van der Waals surface area contributed by atoms with Gasteiger partial charge in [0.1, 0.15) is 0 Å². The van der Waals surface area contributed by atoms with Crippen molar-refractivity contribution in [1.29, 1.82) is 0 Å². The van der Waals surface area contributed by atoms with E-state index in [9.17, 15) is 0 Å². The van der Waals surface area contributed by atoms with Crippen LogP contribution in [0.3, 0.4) is 0 Å². The van der Waals surface area contributed by atoms with Gasteiger partial charge in [-0.1, -0.05) is 0 Å². The lowest BCUT2D eigenvalue weighted by molar-refractivity contribution is 0.386. The number of rotatable bonds is 2. The Morgan fingerprint density at radius 1 is 1.53 bits per heavy atom. The normalized spacial score (nSPS) is 21.9. The Balaban J connectivity index is 2.19. The van der Waals surface area contributed by atoms with Gasteiger partial charge in [-0.05, 0) is 42.0 Å². The van der Waals surface area contributed by atoms with E-state index in [1.807, 2.05) is 6.07 Å². The van der Waals surface area contributed by atoms with Gasteiger partial charge in [0.2, 0.25) is 5.88 Å². The van der Waals surface area contributed by atoms with E-state index >= 15 is 0 Å². The summed E-state index contributed by atoms with van der Waals surface area (Å²) in [5.74, 6) is 1.05. The van der Waals surface area contributed by atoms with Gasteiger partial charge in [-0.2, -0.15) is 5.10 Å². The number of hydrogen-bond acceptors (Lipinski definition) is 4. The van der Waals surface area contributed by atoms with E-state index in [2.05, 4.69) is 38.1 Å². The molecule has 0 saturated carbocycles. The molecule has 2 heterocycles. The van der Waals surface area contributed by atoms with Crippen LogP contribution in [0.5, 0.6) is 5.88 Å². The molecular formula is C10H14BrN3O. The van der Waals surface area contributed by atoms with Gasteiger partial charge in [0, 0.05) is 12.5 Å². The van der Waals surface area contributed by atoms with E-state index in [-0.39, 0.29) is 0 Å². The number of likely N-dealkylation sites (tertiary alicyclic amines) is 1. The Bertz CT molecular complexity index is 359. The monoisotopic (exact) mass is 271 g/mol. The molecule has 0 bridgehead atoms. The zero-order valence-electron chi connectivity index (χ0n) is 8.90. The first-order chi connectivity index (χ1) is 7.20. The molecule has 15 heavy (non-hydrogen) atoms. The zero-order valence-corrected chi connectivity index (χ0v) is 10.5. The number of aromatic nitrogens is 2. The number of ether oxygens (including phenoxy) is 1. The van der Waals surface area contributed by atoms with Gasteiger partial charge in [-0.15, -0.1) is 5.10 Å². The molecular weight excluding hydrogens is 258 g/mol. The molecule has 1 saturated heterocycles. The topological polar surface area (TPSA) is 38.3 Å². The van der Waals surface area contributed by atoms with Crippen molar-refractivity contribution in [3.63, 3.8) is 0 Å². The maximum Gasteiger partial charge on any atom is 0.247 e. The predicted molar refractivity (Wildman–Crippen MR) is 61.1 cm³/mol. The second-order valence-corrected chi connectivity index (χ2v) is 4.73. The van der Waals surface area contributed by atoms with Crippen LogP contribution in [-0.2, 0) is 0 Å². The van der Waals surface area contributed by atoms with Crippen LogP contribution in [0.15, 0.2) is 10.5 Å². The molecule has 82 valence electrons. The minimum atomic E-state index is 0.504. The summed E-state index contributed by atoms with van der Waals surface area (Å²) in [5, 5.41) is 8.22. The van der Waals surface area contributed by atoms with Crippen LogP contribution in [0.1, 0.15) is 18.0 Å². The zero-order chi connectivity index (χ0) is 10.8. The fraction of sp³-hybridized carbons (Fsp3) is 0.600. The van der Waals surface area contributed by atoms with Crippen LogP contribution in [0.2, 0.25) is 0 Å². The van der Waals surface area contributed by atoms with Crippen LogP contribution >= 0.6 is 15.9 Å². The van der Waals surface area contributed by atoms with Crippen LogP contribution in [0, 0.1) is 0 Å². The number of likely N-dealkylation sites (N-methyl/N-ethyl adjacent to an activating group) is 1. The lowest BCUT2D eigenvalue weighted by Crippen LogP contribution is -2.14. The maximum absolute atomic E-state index is 5.05. The van der Waals surface area contributed by atoms with Crippen LogP contribution in [0.25, 0.3) is 0 Å². The van der Waals surface area contributed by atoms with E-state index in [1.165, 1.54) is 0 Å². The molecule has 0 radical (unpaired) electrons. The van der Waals surface area contributed by atoms with Crippen LogP contribution in [-0.4, -0.2) is 42.3 Å². The number of nitrogens with zero attached hydrogens (tertiary/aromatic N) is 3. The molecule has 0 aliphatic carbocycles. The highest BCUT2D eigenvalue weighted by molar-refractivity contribution is 9.10. The highest BCUT2D eigenvalue weighted by atomic mass is 79.9. The lowest BCUT2D eigenvalue weighted by Gasteiger charge is -2.10. The first-order valence-corrected chi connectivity index (χ1v) is 5.75. The molecule has 0 spiro atoms. The van der Waals surface area contributed by atoms with Gasteiger partial charge in [0.15, 0.2) is 0 Å². The summed E-state index contributed by atoms with van der Waals surface area (Å²) < 4.78 is 5.93. The van der Waals surface area contributed by atoms with E-state index in [4.69, 9.17) is 4.74 Å². The molecule has 1 aliphatic rings. The van der Waals surface area contributed by atoms with E-state index in [0.29, 0.717) is 11.8 Å². The lowest BCUT2D eigenvalue weighted by atomic mass is 10.1. The van der Waals surface area contributed by atoms with Crippen molar-refractivity contribution in [3.05, 3.63) is 16.2 Å². The molecule has 1 aliphatic heterocycles. The standard InChI is InChI=1S/C10H14BrN3O/c1-14-4-3-7(6-14)9-5-8(11)10(15-2)13-12-9/h5,7H,3-4,6H2,1-2H3. The van der Waals surface area contributed by atoms with Gasteiger partial charge in [0.25, 0.3) is 0 Å². The average molecular weight is 272 g/mol. The summed E-state index contributed by atoms with van der Waals surface area (Å²) in [6.07, 6.45) is 1.16. The summed E-state index contributed by atoms with van der Waals surface area (Å²) >= 11 is 3.43.